The summed E-state index contributed by atoms with van der Waals surface area (Å²) in [6.07, 6.45) is 6.31. The van der Waals surface area contributed by atoms with Crippen molar-refractivity contribution in [3.05, 3.63) is 65.1 Å². The second kappa shape index (κ2) is 8.42. The van der Waals surface area contributed by atoms with E-state index in [1.807, 2.05) is 45.2 Å². The smallest absolute Gasteiger partial charge is 0.333 e. The van der Waals surface area contributed by atoms with Gasteiger partial charge in [-0.25, -0.2) is 14.0 Å². The molecule has 1 aromatic carbocycles. The predicted molar refractivity (Wildman–Crippen MR) is 138 cm³/mol. The first-order valence-corrected chi connectivity index (χ1v) is 13.8. The van der Waals surface area contributed by atoms with Gasteiger partial charge in [0.05, 0.1) is 30.0 Å². The van der Waals surface area contributed by atoms with Crippen LogP contribution in [0, 0.1) is 6.92 Å². The summed E-state index contributed by atoms with van der Waals surface area (Å²) in [6.45, 7) is 6.60. The molecule has 0 fully saturated rings. The molecule has 10 nitrogen and oxygen atoms in total. The summed E-state index contributed by atoms with van der Waals surface area (Å²) in [5.41, 5.74) is 6.55. The number of hydrogen-bond donors (Lipinski definition) is 2. The number of urea groups is 1. The third kappa shape index (κ3) is 4.08. The number of anilines is 1. The Morgan fingerprint density at radius 1 is 1.16 bits per heavy atom. The number of carbonyl (C=O) groups is 1. The Morgan fingerprint density at radius 2 is 2.00 bits per heavy atom. The minimum Gasteiger partial charge on any atom is -0.367 e. The number of hydrogen-bond acceptors (Lipinski definition) is 6. The molecule has 37 heavy (non-hydrogen) atoms. The molecule has 4 aromatic rings. The van der Waals surface area contributed by atoms with Crippen molar-refractivity contribution >= 4 is 27.3 Å². The van der Waals surface area contributed by atoms with Crippen LogP contribution in [0.3, 0.4) is 0 Å². The van der Waals surface area contributed by atoms with E-state index in [0.29, 0.717) is 24.5 Å². The number of ether oxygens (including phenoxy) is 1. The molecule has 192 valence electrons. The molecule has 2 N–H and O–H groups in total. The quantitative estimate of drug-likeness (QED) is 0.423. The van der Waals surface area contributed by atoms with Crippen LogP contribution in [-0.4, -0.2) is 40.5 Å². The van der Waals surface area contributed by atoms with E-state index in [-0.39, 0.29) is 5.03 Å². The van der Waals surface area contributed by atoms with E-state index in [0.717, 1.165) is 47.0 Å². The van der Waals surface area contributed by atoms with Gasteiger partial charge in [0.15, 0.2) is 5.03 Å². The molecule has 4 heterocycles. The first-order chi connectivity index (χ1) is 17.6. The van der Waals surface area contributed by atoms with Gasteiger partial charge in [-0.1, -0.05) is 6.07 Å². The van der Waals surface area contributed by atoms with Crippen LogP contribution in [0.25, 0.3) is 16.6 Å². The fraction of sp³-hybridized carbons (Fsp3) is 0.346. The van der Waals surface area contributed by atoms with Crippen molar-refractivity contribution in [2.75, 3.05) is 11.9 Å². The van der Waals surface area contributed by atoms with Gasteiger partial charge in [-0.05, 0) is 80.5 Å². The molecule has 6 rings (SSSR count). The lowest BCUT2D eigenvalue weighted by molar-refractivity contribution is -0.0532. The predicted octanol–water partition coefficient (Wildman–Crippen LogP) is 3.77. The molecule has 0 unspecified atom stereocenters. The van der Waals surface area contributed by atoms with Gasteiger partial charge in [0.1, 0.15) is 5.60 Å². The summed E-state index contributed by atoms with van der Waals surface area (Å²) in [6, 6.07) is 8.67. The van der Waals surface area contributed by atoms with Crippen LogP contribution in [0.2, 0.25) is 0 Å². The highest BCUT2D eigenvalue weighted by Gasteiger charge is 2.34. The highest BCUT2D eigenvalue weighted by Crippen LogP contribution is 2.40. The van der Waals surface area contributed by atoms with E-state index < -0.39 is 21.7 Å². The summed E-state index contributed by atoms with van der Waals surface area (Å²) in [5, 5.41) is 11.2. The van der Waals surface area contributed by atoms with E-state index in [1.165, 1.54) is 11.6 Å². The number of pyridine rings is 1. The van der Waals surface area contributed by atoms with Crippen LogP contribution in [0.5, 0.6) is 0 Å². The maximum atomic E-state index is 13.2. The van der Waals surface area contributed by atoms with E-state index in [9.17, 15) is 13.2 Å². The van der Waals surface area contributed by atoms with Crippen molar-refractivity contribution in [1.82, 2.24) is 24.1 Å². The van der Waals surface area contributed by atoms with Crippen molar-refractivity contribution in [2.45, 2.75) is 57.2 Å². The standard InChI is InChI=1S/C26H28N6O4S/c1-16-13-17-5-4-6-20(17)24(23(16)18-8-10-31-19(14-18)7-9-27-31)28-25(33)30-37(34,35)22-15-21-26(2,3)36-12-11-32(21)29-22/h7-10,13-15H,4-6,11-12H2,1-3H3,(H2,28,30,33). The number of carbonyl (C=O) groups excluding carboxylic acids is 1. The lowest BCUT2D eigenvalue weighted by atomic mass is 9.93. The Labute approximate surface area is 214 Å². The number of fused-ring (bicyclic) bond motifs is 3. The SMILES string of the molecule is Cc1cc2c(c(NC(=O)NS(=O)(=O)c3cc4n(n3)CCOC4(C)C)c1-c1ccn3nccc3c1)CCC2. The average molecular weight is 521 g/mol. The lowest BCUT2D eigenvalue weighted by Gasteiger charge is -2.30. The number of aromatic nitrogens is 4. The molecule has 0 bridgehead atoms. The molecule has 1 aliphatic heterocycles. The van der Waals surface area contributed by atoms with Crippen LogP contribution in [0.4, 0.5) is 10.5 Å². The Hall–Kier alpha value is -3.70. The zero-order valence-electron chi connectivity index (χ0n) is 20.9. The minimum atomic E-state index is -4.21. The Balaban J connectivity index is 1.34. The number of rotatable bonds is 4. The summed E-state index contributed by atoms with van der Waals surface area (Å²) in [5.74, 6) is 0. The van der Waals surface area contributed by atoms with Gasteiger partial charge < -0.3 is 10.1 Å². The largest absolute Gasteiger partial charge is 0.367 e. The zero-order chi connectivity index (χ0) is 25.9. The molecule has 0 saturated heterocycles. The Bertz CT molecular complexity index is 1670. The van der Waals surface area contributed by atoms with Crippen LogP contribution < -0.4 is 10.0 Å². The zero-order valence-corrected chi connectivity index (χ0v) is 21.7. The second-order valence-corrected chi connectivity index (χ2v) is 11.7. The van der Waals surface area contributed by atoms with Gasteiger partial charge >= 0.3 is 6.03 Å². The van der Waals surface area contributed by atoms with Crippen molar-refractivity contribution in [3.8, 4) is 11.1 Å². The summed E-state index contributed by atoms with van der Waals surface area (Å²) in [7, 11) is -4.21. The van der Waals surface area contributed by atoms with Crippen molar-refractivity contribution < 1.29 is 17.9 Å². The molecule has 3 aromatic heterocycles. The van der Waals surface area contributed by atoms with Crippen molar-refractivity contribution in [3.63, 3.8) is 0 Å². The van der Waals surface area contributed by atoms with E-state index in [4.69, 9.17) is 4.74 Å². The van der Waals surface area contributed by atoms with Crippen LogP contribution in [0.15, 0.2) is 47.8 Å². The van der Waals surface area contributed by atoms with E-state index >= 15 is 0 Å². The fourth-order valence-corrected chi connectivity index (χ4v) is 6.31. The summed E-state index contributed by atoms with van der Waals surface area (Å²) >= 11 is 0. The topological polar surface area (TPSA) is 120 Å². The summed E-state index contributed by atoms with van der Waals surface area (Å²) in [4.78, 5) is 13.2. The highest BCUT2D eigenvalue weighted by atomic mass is 32.2. The summed E-state index contributed by atoms with van der Waals surface area (Å²) < 4.78 is 37.6. The minimum absolute atomic E-state index is 0.211. The number of sulfonamides is 1. The molecule has 1 aliphatic carbocycles. The van der Waals surface area contributed by atoms with Crippen LogP contribution >= 0.6 is 0 Å². The molecule has 0 atom stereocenters. The molecular formula is C26H28N6O4S. The van der Waals surface area contributed by atoms with Gasteiger partial charge in [0.25, 0.3) is 10.0 Å². The van der Waals surface area contributed by atoms with Gasteiger partial charge in [0, 0.05) is 24.0 Å². The number of nitrogens with one attached hydrogen (secondary N) is 2. The Kier molecular flexibility index (Phi) is 5.39. The maximum absolute atomic E-state index is 13.2. The molecule has 2 amide bonds. The molecule has 2 aliphatic rings. The third-order valence-corrected chi connectivity index (χ3v) is 8.37. The average Bonchev–Trinajstić information content (AvgIpc) is 3.57. The van der Waals surface area contributed by atoms with Gasteiger partial charge in [-0.15, -0.1) is 0 Å². The first-order valence-electron chi connectivity index (χ1n) is 12.3. The maximum Gasteiger partial charge on any atom is 0.333 e. The van der Waals surface area contributed by atoms with Crippen LogP contribution in [0.1, 0.15) is 42.7 Å². The molecule has 11 heteroatoms. The van der Waals surface area contributed by atoms with E-state index in [2.05, 4.69) is 26.3 Å². The highest BCUT2D eigenvalue weighted by molar-refractivity contribution is 7.90. The number of aryl methyl sites for hydroxylation is 2. The number of benzene rings is 1. The van der Waals surface area contributed by atoms with Gasteiger partial charge in [-0.2, -0.15) is 18.6 Å². The van der Waals surface area contributed by atoms with Crippen molar-refractivity contribution in [1.29, 1.82) is 0 Å². The molecule has 0 saturated carbocycles. The number of nitrogens with zero attached hydrogens (tertiary/aromatic N) is 4. The van der Waals surface area contributed by atoms with E-state index in [1.54, 1.807) is 15.4 Å². The first kappa shape index (κ1) is 23.7. The molecule has 0 spiro atoms. The second-order valence-electron chi connectivity index (χ2n) is 10.1. The lowest BCUT2D eigenvalue weighted by Crippen LogP contribution is -2.35. The molecule has 0 radical (unpaired) electrons. The fourth-order valence-electron chi connectivity index (χ4n) is 5.43. The third-order valence-electron chi connectivity index (χ3n) is 7.17. The Morgan fingerprint density at radius 3 is 2.81 bits per heavy atom. The van der Waals surface area contributed by atoms with Gasteiger partial charge in [-0.3, -0.25) is 4.68 Å². The normalized spacial score (nSPS) is 16.4. The van der Waals surface area contributed by atoms with Crippen LogP contribution in [-0.2, 0) is 39.7 Å². The van der Waals surface area contributed by atoms with Gasteiger partial charge in [0.2, 0.25) is 0 Å². The molecular weight excluding hydrogens is 492 g/mol. The monoisotopic (exact) mass is 520 g/mol. The van der Waals surface area contributed by atoms with Crippen molar-refractivity contribution in [2.24, 2.45) is 0 Å². The number of amides is 2.